The lowest BCUT2D eigenvalue weighted by atomic mass is 10.3. The molecule has 1 aromatic rings. The molecular weight excluding hydrogens is 376 g/mol. The van der Waals surface area contributed by atoms with Gasteiger partial charge in [-0.2, -0.15) is 4.31 Å². The summed E-state index contributed by atoms with van der Waals surface area (Å²) in [5.74, 6) is -0.502. The van der Waals surface area contributed by atoms with Crippen LogP contribution in [-0.4, -0.2) is 55.3 Å². The lowest BCUT2D eigenvalue weighted by molar-refractivity contribution is -0.139. The zero-order valence-corrected chi connectivity index (χ0v) is 16.6. The number of nitrogens with zero attached hydrogens (tertiary/aromatic N) is 1. The van der Waals surface area contributed by atoms with Crippen molar-refractivity contribution in [2.24, 2.45) is 0 Å². The molecule has 0 unspecified atom stereocenters. The van der Waals surface area contributed by atoms with Gasteiger partial charge in [0.1, 0.15) is 0 Å². The molecule has 0 saturated carbocycles. The summed E-state index contributed by atoms with van der Waals surface area (Å²) in [4.78, 5) is 23.7. The molecule has 7 nitrogen and oxygen atoms in total. The Bertz CT molecular complexity index is 728. The second-order valence-corrected chi connectivity index (χ2v) is 9.15. The Kier molecular flexibility index (Phi) is 7.48. The highest BCUT2D eigenvalue weighted by Crippen LogP contribution is 2.22. The Labute approximate surface area is 158 Å². The third-order valence-electron chi connectivity index (χ3n) is 3.95. The first-order valence-corrected chi connectivity index (χ1v) is 11.0. The van der Waals surface area contributed by atoms with Crippen LogP contribution in [0.5, 0.6) is 0 Å². The molecule has 0 aliphatic carbocycles. The van der Waals surface area contributed by atoms with Gasteiger partial charge in [0.05, 0.1) is 22.5 Å². The van der Waals surface area contributed by atoms with Crippen LogP contribution in [0.3, 0.4) is 0 Å². The Morgan fingerprint density at radius 1 is 1.23 bits per heavy atom. The number of hydrogen-bond donors (Lipinski definition) is 1. The summed E-state index contributed by atoms with van der Waals surface area (Å²) in [7, 11) is -3.46. The summed E-state index contributed by atoms with van der Waals surface area (Å²) in [6.45, 7) is 4.84. The summed E-state index contributed by atoms with van der Waals surface area (Å²) < 4.78 is 31.2. The maximum atomic E-state index is 12.5. The number of thioether (sulfide) groups is 1. The predicted molar refractivity (Wildman–Crippen MR) is 102 cm³/mol. The highest BCUT2D eigenvalue weighted by atomic mass is 32.2. The number of anilines is 1. The minimum Gasteiger partial charge on any atom is -0.465 e. The number of hydrogen-bond acceptors (Lipinski definition) is 6. The van der Waals surface area contributed by atoms with Crippen molar-refractivity contribution >= 4 is 39.3 Å². The Balaban J connectivity index is 1.92. The summed E-state index contributed by atoms with van der Waals surface area (Å²) >= 11 is 1.19. The quantitative estimate of drug-likeness (QED) is 0.672. The molecule has 1 fully saturated rings. The number of benzene rings is 1. The molecule has 9 heteroatoms. The van der Waals surface area contributed by atoms with E-state index in [1.807, 2.05) is 0 Å². The first-order valence-electron chi connectivity index (χ1n) is 8.53. The van der Waals surface area contributed by atoms with Gasteiger partial charge in [-0.15, -0.1) is 11.8 Å². The maximum Gasteiger partial charge on any atom is 0.315 e. The summed E-state index contributed by atoms with van der Waals surface area (Å²) in [6, 6.07) is 6.15. The van der Waals surface area contributed by atoms with Gasteiger partial charge in [-0.1, -0.05) is 0 Å². The van der Waals surface area contributed by atoms with E-state index in [1.165, 1.54) is 28.2 Å². The van der Waals surface area contributed by atoms with Crippen molar-refractivity contribution in [1.82, 2.24) is 4.31 Å². The van der Waals surface area contributed by atoms with Crippen LogP contribution in [0, 0.1) is 0 Å². The van der Waals surface area contributed by atoms with Crippen LogP contribution in [0.2, 0.25) is 0 Å². The summed E-state index contributed by atoms with van der Waals surface area (Å²) in [6.07, 6.45) is 1.77. The fourth-order valence-electron chi connectivity index (χ4n) is 2.50. The van der Waals surface area contributed by atoms with Gasteiger partial charge in [-0.3, -0.25) is 9.59 Å². The topological polar surface area (TPSA) is 92.8 Å². The van der Waals surface area contributed by atoms with Gasteiger partial charge in [-0.25, -0.2) is 8.42 Å². The van der Waals surface area contributed by atoms with Crippen molar-refractivity contribution in [1.29, 1.82) is 0 Å². The molecule has 1 aliphatic heterocycles. The number of sulfonamides is 1. The molecule has 0 bridgehead atoms. The normalized spacial score (nSPS) is 16.2. The third-order valence-corrected chi connectivity index (χ3v) is 6.98. The van der Waals surface area contributed by atoms with Gasteiger partial charge < -0.3 is 10.1 Å². The number of esters is 1. The van der Waals surface area contributed by atoms with Gasteiger partial charge in [0, 0.05) is 18.8 Å². The van der Waals surface area contributed by atoms with Crippen molar-refractivity contribution < 1.29 is 22.7 Å². The van der Waals surface area contributed by atoms with Crippen molar-refractivity contribution in [2.75, 3.05) is 30.8 Å². The van der Waals surface area contributed by atoms with Gasteiger partial charge >= 0.3 is 5.97 Å². The Morgan fingerprint density at radius 2 is 1.85 bits per heavy atom. The molecule has 1 aliphatic rings. The number of rotatable bonds is 8. The number of nitrogens with one attached hydrogen (secondary N) is 1. The molecular formula is C17H24N2O5S2. The average molecular weight is 401 g/mol. The van der Waals surface area contributed by atoms with E-state index < -0.39 is 15.3 Å². The molecule has 1 aromatic carbocycles. The summed E-state index contributed by atoms with van der Waals surface area (Å²) in [5, 5.41) is 2.29. The number of carbonyl (C=O) groups excluding carboxylic acids is 2. The van der Waals surface area contributed by atoms with Crippen LogP contribution in [0.15, 0.2) is 29.2 Å². The molecule has 144 valence electrons. The van der Waals surface area contributed by atoms with E-state index in [0.29, 0.717) is 25.4 Å². The molecule has 26 heavy (non-hydrogen) atoms. The average Bonchev–Trinajstić information content (AvgIpc) is 3.16. The van der Waals surface area contributed by atoms with E-state index in [-0.39, 0.29) is 22.5 Å². The first-order chi connectivity index (χ1) is 12.3. The zero-order chi connectivity index (χ0) is 19.2. The highest BCUT2D eigenvalue weighted by molar-refractivity contribution is 8.01. The molecule has 2 rings (SSSR count). The smallest absolute Gasteiger partial charge is 0.315 e. The monoisotopic (exact) mass is 400 g/mol. The van der Waals surface area contributed by atoms with Gasteiger partial charge in [0.2, 0.25) is 15.9 Å². The number of amides is 1. The zero-order valence-electron chi connectivity index (χ0n) is 14.9. The molecule has 1 atom stereocenters. The van der Waals surface area contributed by atoms with Crippen molar-refractivity contribution in [2.45, 2.75) is 36.8 Å². The first kappa shape index (κ1) is 20.7. The molecule has 0 spiro atoms. The van der Waals surface area contributed by atoms with E-state index in [2.05, 4.69) is 5.32 Å². The van der Waals surface area contributed by atoms with Crippen LogP contribution in [-0.2, 0) is 24.3 Å². The fourth-order valence-corrected chi connectivity index (χ4v) is 4.70. The molecule has 0 aromatic heterocycles. The largest absolute Gasteiger partial charge is 0.465 e. The fraction of sp³-hybridized carbons (Fsp3) is 0.529. The van der Waals surface area contributed by atoms with Crippen LogP contribution >= 0.6 is 11.8 Å². The van der Waals surface area contributed by atoms with Crippen molar-refractivity contribution in [3.63, 3.8) is 0 Å². The second-order valence-electron chi connectivity index (χ2n) is 5.88. The third kappa shape index (κ3) is 5.46. The lowest BCUT2D eigenvalue weighted by Crippen LogP contribution is -2.28. The second kappa shape index (κ2) is 9.38. The highest BCUT2D eigenvalue weighted by Gasteiger charge is 2.27. The number of carbonyl (C=O) groups is 2. The van der Waals surface area contributed by atoms with Crippen LogP contribution in [0.4, 0.5) is 5.69 Å². The minimum atomic E-state index is -3.46. The standard InChI is InChI=1S/C17H24N2O5S2/c1-3-24-16(20)12-25-13(2)17(21)18-14-6-8-15(9-7-14)26(22,23)19-10-4-5-11-19/h6-9,13H,3-5,10-12H2,1-2H3,(H,18,21)/t13-/m1/s1. The van der Waals surface area contributed by atoms with Crippen molar-refractivity contribution in [3.05, 3.63) is 24.3 Å². The molecule has 1 N–H and O–H groups in total. The lowest BCUT2D eigenvalue weighted by Gasteiger charge is -2.16. The molecule has 1 amide bonds. The van der Waals surface area contributed by atoms with Crippen LogP contribution in [0.1, 0.15) is 26.7 Å². The van der Waals surface area contributed by atoms with Gasteiger partial charge in [-0.05, 0) is 51.0 Å². The SMILES string of the molecule is CCOC(=O)CS[C@H](C)C(=O)Nc1ccc(S(=O)(=O)N2CCCC2)cc1. The van der Waals surface area contributed by atoms with E-state index in [4.69, 9.17) is 4.74 Å². The van der Waals surface area contributed by atoms with Crippen LogP contribution in [0.25, 0.3) is 0 Å². The van der Waals surface area contributed by atoms with Gasteiger partial charge in [0.15, 0.2) is 0 Å². The summed E-state index contributed by atoms with van der Waals surface area (Å²) in [5.41, 5.74) is 0.513. The van der Waals surface area contributed by atoms with Crippen molar-refractivity contribution in [3.8, 4) is 0 Å². The van der Waals surface area contributed by atoms with E-state index in [9.17, 15) is 18.0 Å². The van der Waals surface area contributed by atoms with E-state index in [0.717, 1.165) is 12.8 Å². The Morgan fingerprint density at radius 3 is 2.42 bits per heavy atom. The minimum absolute atomic E-state index is 0.107. The molecule has 1 heterocycles. The predicted octanol–water partition coefficient (Wildman–Crippen LogP) is 2.09. The Hall–Kier alpha value is -1.58. The molecule has 0 radical (unpaired) electrons. The van der Waals surface area contributed by atoms with Crippen LogP contribution < -0.4 is 5.32 Å². The van der Waals surface area contributed by atoms with E-state index >= 15 is 0 Å². The van der Waals surface area contributed by atoms with Gasteiger partial charge in [0.25, 0.3) is 0 Å². The molecule has 1 saturated heterocycles. The maximum absolute atomic E-state index is 12.5. The number of ether oxygens (including phenoxy) is 1. The van der Waals surface area contributed by atoms with E-state index in [1.54, 1.807) is 26.0 Å².